The third kappa shape index (κ3) is 3.95. The third-order valence-electron chi connectivity index (χ3n) is 2.86. The maximum atomic E-state index is 11.8. The zero-order chi connectivity index (χ0) is 13.5. The van der Waals surface area contributed by atoms with Crippen LogP contribution in [0.2, 0.25) is 0 Å². The molecule has 4 nitrogen and oxygen atoms in total. The minimum atomic E-state index is -0.00379. The van der Waals surface area contributed by atoms with Gasteiger partial charge >= 0.3 is 0 Å². The molecule has 0 aliphatic carbocycles. The molecule has 0 spiro atoms. The zero-order valence-electron chi connectivity index (χ0n) is 11.4. The Morgan fingerprint density at radius 3 is 2.61 bits per heavy atom. The van der Waals surface area contributed by atoms with E-state index >= 15 is 0 Å². The van der Waals surface area contributed by atoms with Crippen LogP contribution in [0.3, 0.4) is 0 Å². The van der Waals surface area contributed by atoms with Gasteiger partial charge in [0.15, 0.2) is 0 Å². The van der Waals surface area contributed by atoms with Gasteiger partial charge in [-0.3, -0.25) is 4.79 Å². The van der Waals surface area contributed by atoms with Crippen molar-refractivity contribution in [3.05, 3.63) is 23.8 Å². The van der Waals surface area contributed by atoms with Crippen LogP contribution in [0.4, 0.5) is 0 Å². The fraction of sp³-hybridized carbons (Fsp3) is 0.500. The molecule has 0 bridgehead atoms. The van der Waals surface area contributed by atoms with Crippen LogP contribution in [-0.4, -0.2) is 26.2 Å². The lowest BCUT2D eigenvalue weighted by Crippen LogP contribution is -2.33. The Balaban J connectivity index is 2.78. The second kappa shape index (κ2) is 6.89. The number of nitrogens with one attached hydrogen (secondary N) is 1. The summed E-state index contributed by atoms with van der Waals surface area (Å²) in [6.07, 6.45) is 1.21. The molecule has 0 saturated heterocycles. The lowest BCUT2D eigenvalue weighted by Gasteiger charge is -2.13. The van der Waals surface area contributed by atoms with Crippen molar-refractivity contribution in [2.24, 2.45) is 0 Å². The topological polar surface area (TPSA) is 47.6 Å². The maximum absolute atomic E-state index is 11.8. The van der Waals surface area contributed by atoms with Gasteiger partial charge < -0.3 is 14.8 Å². The predicted molar refractivity (Wildman–Crippen MR) is 71.1 cm³/mol. The van der Waals surface area contributed by atoms with Crippen molar-refractivity contribution in [2.45, 2.75) is 32.7 Å². The number of hydrogen-bond acceptors (Lipinski definition) is 3. The van der Waals surface area contributed by atoms with Gasteiger partial charge in [0.05, 0.1) is 20.6 Å². The summed E-state index contributed by atoms with van der Waals surface area (Å²) in [7, 11) is 3.20. The van der Waals surface area contributed by atoms with Crippen LogP contribution >= 0.6 is 0 Å². The predicted octanol–water partition coefficient (Wildman–Crippen LogP) is 2.16. The van der Waals surface area contributed by atoms with E-state index in [4.69, 9.17) is 9.47 Å². The summed E-state index contributed by atoms with van der Waals surface area (Å²) in [6.45, 7) is 4.03. The summed E-state index contributed by atoms with van der Waals surface area (Å²) in [5.41, 5.74) is 0.831. The quantitative estimate of drug-likeness (QED) is 0.842. The van der Waals surface area contributed by atoms with E-state index in [1.165, 1.54) is 0 Å². The fourth-order valence-electron chi connectivity index (χ4n) is 1.62. The van der Waals surface area contributed by atoms with Gasteiger partial charge in [0, 0.05) is 11.6 Å². The molecule has 1 amide bonds. The zero-order valence-corrected chi connectivity index (χ0v) is 11.4. The van der Waals surface area contributed by atoms with Crippen LogP contribution in [0.25, 0.3) is 0 Å². The molecule has 0 heterocycles. The average Bonchev–Trinajstić information content (AvgIpc) is 2.38. The Bertz CT molecular complexity index is 404. The Morgan fingerprint density at radius 1 is 1.33 bits per heavy atom. The molecule has 0 aliphatic heterocycles. The average molecular weight is 251 g/mol. The van der Waals surface area contributed by atoms with E-state index in [-0.39, 0.29) is 11.9 Å². The van der Waals surface area contributed by atoms with E-state index in [2.05, 4.69) is 5.32 Å². The second-order valence-corrected chi connectivity index (χ2v) is 4.23. The van der Waals surface area contributed by atoms with Crippen LogP contribution in [0.1, 0.15) is 25.8 Å². The van der Waals surface area contributed by atoms with Crippen molar-refractivity contribution in [1.82, 2.24) is 5.32 Å². The van der Waals surface area contributed by atoms with Crippen LogP contribution in [-0.2, 0) is 11.2 Å². The van der Waals surface area contributed by atoms with E-state index in [9.17, 15) is 4.79 Å². The van der Waals surface area contributed by atoms with Crippen molar-refractivity contribution < 1.29 is 14.3 Å². The van der Waals surface area contributed by atoms with Crippen molar-refractivity contribution in [3.63, 3.8) is 0 Å². The Labute approximate surface area is 108 Å². The largest absolute Gasteiger partial charge is 0.497 e. The van der Waals surface area contributed by atoms with Crippen molar-refractivity contribution >= 4 is 5.91 Å². The Morgan fingerprint density at radius 2 is 2.06 bits per heavy atom. The minimum absolute atomic E-state index is 0.00379. The first kappa shape index (κ1) is 14.4. The van der Waals surface area contributed by atoms with Gasteiger partial charge in [-0.1, -0.05) is 6.92 Å². The van der Waals surface area contributed by atoms with Gasteiger partial charge in [-0.15, -0.1) is 0 Å². The number of benzene rings is 1. The molecule has 0 fully saturated rings. The highest BCUT2D eigenvalue weighted by Gasteiger charge is 2.11. The monoisotopic (exact) mass is 251 g/mol. The number of rotatable bonds is 6. The van der Waals surface area contributed by atoms with E-state index in [1.807, 2.05) is 32.0 Å². The summed E-state index contributed by atoms with van der Waals surface area (Å²) in [5, 5.41) is 2.93. The van der Waals surface area contributed by atoms with Gasteiger partial charge in [-0.2, -0.15) is 0 Å². The summed E-state index contributed by atoms with van der Waals surface area (Å²) < 4.78 is 10.4. The highest BCUT2D eigenvalue weighted by molar-refractivity contribution is 5.79. The molecule has 0 saturated carbocycles. The number of carbonyl (C=O) groups is 1. The van der Waals surface area contributed by atoms with Crippen molar-refractivity contribution in [1.29, 1.82) is 0 Å². The summed E-state index contributed by atoms with van der Waals surface area (Å²) in [5.74, 6) is 1.42. The third-order valence-corrected chi connectivity index (χ3v) is 2.86. The molecule has 0 aliphatic rings. The number of methoxy groups -OCH3 is 2. The van der Waals surface area contributed by atoms with E-state index < -0.39 is 0 Å². The van der Waals surface area contributed by atoms with Crippen molar-refractivity contribution in [3.8, 4) is 11.5 Å². The fourth-order valence-corrected chi connectivity index (χ4v) is 1.62. The molecule has 1 N–H and O–H groups in total. The number of ether oxygens (including phenoxy) is 2. The first-order valence-corrected chi connectivity index (χ1v) is 6.11. The SMILES string of the molecule is CC[C@H](C)NC(=O)Cc1cc(OC)ccc1OC. The summed E-state index contributed by atoms with van der Waals surface area (Å²) in [4.78, 5) is 11.8. The van der Waals surface area contributed by atoms with Gasteiger partial charge in [-0.25, -0.2) is 0 Å². The normalized spacial score (nSPS) is 11.8. The molecule has 18 heavy (non-hydrogen) atoms. The van der Waals surface area contributed by atoms with Crippen LogP contribution in [0.5, 0.6) is 11.5 Å². The molecule has 1 atom stereocenters. The Kier molecular flexibility index (Phi) is 5.49. The smallest absolute Gasteiger partial charge is 0.224 e. The van der Waals surface area contributed by atoms with E-state index in [0.29, 0.717) is 12.2 Å². The molecule has 100 valence electrons. The highest BCUT2D eigenvalue weighted by Crippen LogP contribution is 2.24. The summed E-state index contributed by atoms with van der Waals surface area (Å²) in [6, 6.07) is 5.64. The molecule has 0 radical (unpaired) electrons. The molecule has 0 aromatic heterocycles. The van der Waals surface area contributed by atoms with Crippen LogP contribution < -0.4 is 14.8 Å². The first-order valence-electron chi connectivity index (χ1n) is 6.11. The van der Waals surface area contributed by atoms with Gasteiger partial charge in [0.25, 0.3) is 0 Å². The minimum Gasteiger partial charge on any atom is -0.497 e. The number of carbonyl (C=O) groups excluding carboxylic acids is 1. The Hall–Kier alpha value is -1.71. The molecular weight excluding hydrogens is 230 g/mol. The van der Waals surface area contributed by atoms with Gasteiger partial charge in [0.2, 0.25) is 5.91 Å². The van der Waals surface area contributed by atoms with Crippen molar-refractivity contribution in [2.75, 3.05) is 14.2 Å². The lowest BCUT2D eigenvalue weighted by molar-refractivity contribution is -0.121. The van der Waals surface area contributed by atoms with Gasteiger partial charge in [0.1, 0.15) is 11.5 Å². The van der Waals surface area contributed by atoms with Crippen LogP contribution in [0.15, 0.2) is 18.2 Å². The molecule has 4 heteroatoms. The maximum Gasteiger partial charge on any atom is 0.224 e. The standard InChI is InChI=1S/C14H21NO3/c1-5-10(2)15-14(16)9-11-8-12(17-3)6-7-13(11)18-4/h6-8,10H,5,9H2,1-4H3,(H,15,16)/t10-/m0/s1. The highest BCUT2D eigenvalue weighted by atomic mass is 16.5. The molecule has 1 aromatic carbocycles. The first-order chi connectivity index (χ1) is 8.60. The molecule has 1 aromatic rings. The van der Waals surface area contributed by atoms with Gasteiger partial charge in [-0.05, 0) is 31.5 Å². The van der Waals surface area contributed by atoms with E-state index in [1.54, 1.807) is 14.2 Å². The molecule has 0 unspecified atom stereocenters. The molecule has 1 rings (SSSR count). The van der Waals surface area contributed by atoms with E-state index in [0.717, 1.165) is 17.7 Å². The second-order valence-electron chi connectivity index (χ2n) is 4.23. The number of amides is 1. The molecular formula is C14H21NO3. The number of hydrogen-bond donors (Lipinski definition) is 1. The lowest BCUT2D eigenvalue weighted by atomic mass is 10.1. The van der Waals surface area contributed by atoms with Crippen LogP contribution in [0, 0.1) is 0 Å². The summed E-state index contributed by atoms with van der Waals surface area (Å²) >= 11 is 0.